The molecule has 1 saturated heterocycles. The topological polar surface area (TPSA) is 76.5 Å². The second kappa shape index (κ2) is 11.6. The van der Waals surface area contributed by atoms with Crippen molar-refractivity contribution < 1.29 is 9.53 Å². The van der Waals surface area contributed by atoms with Crippen molar-refractivity contribution in [1.82, 2.24) is 14.5 Å². The average molecular weight is 561 g/mol. The minimum atomic E-state index is -0.185. The molecule has 42 heavy (non-hydrogen) atoms. The number of carbonyl (C=O) groups is 1. The maximum absolute atomic E-state index is 12.9. The molecule has 0 bridgehead atoms. The van der Waals surface area contributed by atoms with E-state index in [2.05, 4.69) is 40.6 Å². The van der Waals surface area contributed by atoms with Gasteiger partial charge in [-0.1, -0.05) is 48.9 Å². The van der Waals surface area contributed by atoms with E-state index in [1.54, 1.807) is 4.57 Å². The number of fused-ring (bicyclic) bond motifs is 5. The van der Waals surface area contributed by atoms with E-state index in [0.717, 1.165) is 67.8 Å². The van der Waals surface area contributed by atoms with Gasteiger partial charge in [0.25, 0.3) is 5.56 Å². The lowest BCUT2D eigenvalue weighted by atomic mass is 9.88. The smallest absolute Gasteiger partial charge is 0.311 e. The van der Waals surface area contributed by atoms with Crippen LogP contribution in [0.3, 0.4) is 0 Å². The minimum Gasteiger partial charge on any atom is -0.427 e. The van der Waals surface area contributed by atoms with Gasteiger partial charge in [-0.15, -0.1) is 0 Å². The number of ether oxygens (including phenoxy) is 1. The van der Waals surface area contributed by atoms with Crippen LogP contribution in [-0.2, 0) is 11.3 Å². The van der Waals surface area contributed by atoms with Crippen LogP contribution in [0.1, 0.15) is 61.4 Å². The lowest BCUT2D eigenvalue weighted by Crippen LogP contribution is -2.44. The molecule has 214 valence electrons. The molecule has 7 nitrogen and oxygen atoms in total. The number of aromatic nitrogens is 2. The summed E-state index contributed by atoms with van der Waals surface area (Å²) in [4.78, 5) is 32.6. The van der Waals surface area contributed by atoms with Gasteiger partial charge < -0.3 is 15.0 Å². The Morgan fingerprint density at radius 3 is 2.71 bits per heavy atom. The van der Waals surface area contributed by atoms with E-state index in [1.807, 2.05) is 48.5 Å². The van der Waals surface area contributed by atoms with Crippen molar-refractivity contribution in [3.05, 3.63) is 100 Å². The monoisotopic (exact) mass is 560 g/mol. The third kappa shape index (κ3) is 5.37. The van der Waals surface area contributed by atoms with Gasteiger partial charge in [0.1, 0.15) is 11.6 Å². The molecule has 4 heterocycles. The lowest BCUT2D eigenvalue weighted by molar-refractivity contribution is -0.134. The van der Waals surface area contributed by atoms with E-state index >= 15 is 0 Å². The van der Waals surface area contributed by atoms with E-state index < -0.39 is 0 Å². The number of nitrogens with one attached hydrogen (secondary N) is 1. The third-order valence-corrected chi connectivity index (χ3v) is 8.96. The fourth-order valence-electron chi connectivity index (χ4n) is 6.79. The number of esters is 1. The summed E-state index contributed by atoms with van der Waals surface area (Å²) in [6.45, 7) is 3.95. The largest absolute Gasteiger partial charge is 0.427 e. The predicted molar refractivity (Wildman–Crippen MR) is 167 cm³/mol. The van der Waals surface area contributed by atoms with E-state index in [9.17, 15) is 9.59 Å². The second-order valence-electron chi connectivity index (χ2n) is 11.7. The fraction of sp³-hybridized carbons (Fsp3) is 0.343. The number of likely N-dealkylation sites (tertiary alicyclic amines) is 1. The van der Waals surface area contributed by atoms with Crippen LogP contribution in [0.4, 0.5) is 5.69 Å². The summed E-state index contributed by atoms with van der Waals surface area (Å²) in [6, 6.07) is 24.3. The van der Waals surface area contributed by atoms with Crippen LogP contribution in [0.25, 0.3) is 22.6 Å². The summed E-state index contributed by atoms with van der Waals surface area (Å²) in [6.07, 6.45) is 7.42. The molecule has 7 rings (SSSR count). The number of para-hydroxylation sites is 2. The molecule has 0 radical (unpaired) electrons. The summed E-state index contributed by atoms with van der Waals surface area (Å²) in [7, 11) is 0. The van der Waals surface area contributed by atoms with E-state index in [1.165, 1.54) is 17.7 Å². The van der Waals surface area contributed by atoms with Crippen molar-refractivity contribution in [3.63, 3.8) is 0 Å². The van der Waals surface area contributed by atoms with Gasteiger partial charge in [0.05, 0.1) is 10.9 Å². The Labute approximate surface area is 245 Å². The van der Waals surface area contributed by atoms with Gasteiger partial charge in [0, 0.05) is 37.2 Å². The molecule has 4 aromatic rings. The molecule has 7 heteroatoms. The highest BCUT2D eigenvalue weighted by Gasteiger charge is 2.36. The van der Waals surface area contributed by atoms with Crippen molar-refractivity contribution in [2.24, 2.45) is 0 Å². The van der Waals surface area contributed by atoms with E-state index in [-0.39, 0.29) is 11.5 Å². The number of anilines is 1. The molecule has 1 fully saturated rings. The van der Waals surface area contributed by atoms with Crippen molar-refractivity contribution in [1.29, 1.82) is 0 Å². The number of hydrogen-bond acceptors (Lipinski definition) is 6. The van der Waals surface area contributed by atoms with Crippen LogP contribution in [0.15, 0.2) is 77.6 Å². The van der Waals surface area contributed by atoms with Gasteiger partial charge >= 0.3 is 5.97 Å². The number of nitrogens with zero attached hydrogens (tertiary/aromatic N) is 3. The molecule has 3 aromatic carbocycles. The zero-order chi connectivity index (χ0) is 28.5. The number of piperidine rings is 1. The molecule has 0 spiro atoms. The van der Waals surface area contributed by atoms with Crippen molar-refractivity contribution in [3.8, 4) is 5.75 Å². The van der Waals surface area contributed by atoms with Gasteiger partial charge in [-0.25, -0.2) is 4.98 Å². The van der Waals surface area contributed by atoms with Crippen molar-refractivity contribution in [2.75, 3.05) is 25.0 Å². The minimum absolute atomic E-state index is 0.0126. The zero-order valence-corrected chi connectivity index (χ0v) is 23.8. The standard InChI is InChI=1S/C35H36N4O3/c40-33(12-2-1-7-19-38-20-18-28-27-8-3-5-10-30(27)36-32(28)23-38)42-26-15-13-24(14-16-26)22-25-17-21-39-34(25)37-31-11-6-4-9-29(31)35(39)41/h3-6,8-11,13-16,22,28,32,36H,1-2,7,12,17-21,23H2/b25-22+. The van der Waals surface area contributed by atoms with E-state index in [4.69, 9.17) is 9.72 Å². The molecule has 3 aliphatic rings. The summed E-state index contributed by atoms with van der Waals surface area (Å²) in [5, 5.41) is 4.37. The maximum atomic E-state index is 12.9. The van der Waals surface area contributed by atoms with Crippen molar-refractivity contribution >= 4 is 34.2 Å². The lowest BCUT2D eigenvalue weighted by Gasteiger charge is -2.35. The first-order chi connectivity index (χ1) is 20.6. The van der Waals surface area contributed by atoms with Crippen molar-refractivity contribution in [2.45, 2.75) is 57.0 Å². The first-order valence-corrected chi connectivity index (χ1v) is 15.2. The van der Waals surface area contributed by atoms with Gasteiger partial charge in [0.2, 0.25) is 0 Å². The molecule has 1 aromatic heterocycles. The number of carbonyl (C=O) groups excluding carboxylic acids is 1. The Morgan fingerprint density at radius 1 is 0.976 bits per heavy atom. The molecule has 0 amide bonds. The predicted octanol–water partition coefficient (Wildman–Crippen LogP) is 6.09. The summed E-state index contributed by atoms with van der Waals surface area (Å²) in [5.74, 6) is 1.75. The molecule has 2 atom stereocenters. The summed E-state index contributed by atoms with van der Waals surface area (Å²) >= 11 is 0. The third-order valence-electron chi connectivity index (χ3n) is 8.96. The summed E-state index contributed by atoms with van der Waals surface area (Å²) < 4.78 is 7.36. The second-order valence-corrected chi connectivity index (χ2v) is 11.7. The van der Waals surface area contributed by atoms with Crippen LogP contribution in [0.5, 0.6) is 5.75 Å². The van der Waals surface area contributed by atoms with Gasteiger partial charge in [-0.05, 0) is 91.9 Å². The number of unbranched alkanes of at least 4 members (excludes halogenated alkanes) is 2. The molecule has 2 unspecified atom stereocenters. The first kappa shape index (κ1) is 26.7. The van der Waals surface area contributed by atoms with Crippen LogP contribution in [0.2, 0.25) is 0 Å². The Morgan fingerprint density at radius 2 is 1.81 bits per heavy atom. The zero-order valence-electron chi connectivity index (χ0n) is 23.8. The first-order valence-electron chi connectivity index (χ1n) is 15.2. The Hall–Kier alpha value is -4.23. The quantitative estimate of drug-likeness (QED) is 0.160. The Kier molecular flexibility index (Phi) is 7.34. The van der Waals surface area contributed by atoms with E-state index in [0.29, 0.717) is 36.1 Å². The Bertz CT molecular complexity index is 1710. The number of hydrogen-bond donors (Lipinski definition) is 1. The summed E-state index contributed by atoms with van der Waals surface area (Å²) in [5.41, 5.74) is 5.55. The molecule has 0 saturated carbocycles. The molecule has 1 N–H and O–H groups in total. The van der Waals surface area contributed by atoms with Crippen LogP contribution >= 0.6 is 0 Å². The molecular formula is C35H36N4O3. The number of benzene rings is 3. The van der Waals surface area contributed by atoms with Gasteiger partial charge in [0.15, 0.2) is 0 Å². The number of allylic oxidation sites excluding steroid dienone is 1. The molecule has 3 aliphatic heterocycles. The highest BCUT2D eigenvalue weighted by atomic mass is 16.5. The molecule has 0 aliphatic carbocycles. The maximum Gasteiger partial charge on any atom is 0.311 e. The number of rotatable bonds is 8. The SMILES string of the molecule is O=C(CCCCCN1CCC2c3ccccc3NC2C1)Oc1ccc(/C=C2\CCn3c2nc2ccccc2c3=O)cc1. The average Bonchev–Trinajstić information content (AvgIpc) is 3.59. The van der Waals surface area contributed by atoms with Gasteiger partial charge in [-0.2, -0.15) is 0 Å². The Balaban J connectivity index is 0.859. The molecular weight excluding hydrogens is 524 g/mol. The fourth-order valence-corrected chi connectivity index (χ4v) is 6.79. The van der Waals surface area contributed by atoms with Crippen LogP contribution in [-0.4, -0.2) is 46.1 Å². The highest BCUT2D eigenvalue weighted by Crippen LogP contribution is 2.40. The van der Waals surface area contributed by atoms with Crippen LogP contribution < -0.4 is 15.6 Å². The van der Waals surface area contributed by atoms with Crippen LogP contribution in [0, 0.1) is 0 Å². The van der Waals surface area contributed by atoms with Gasteiger partial charge in [-0.3, -0.25) is 14.2 Å². The normalized spacial score (nSPS) is 20.2. The highest BCUT2D eigenvalue weighted by molar-refractivity contribution is 5.84.